The first-order valence-corrected chi connectivity index (χ1v) is 13.6. The van der Waals surface area contributed by atoms with Crippen LogP contribution in [0.4, 0.5) is 0 Å². The van der Waals surface area contributed by atoms with Crippen molar-refractivity contribution < 1.29 is 4.42 Å². The third-order valence-electron chi connectivity index (χ3n) is 5.66. The average Bonchev–Trinajstić information content (AvgIpc) is 3.52. The van der Waals surface area contributed by atoms with Crippen LogP contribution in [0.15, 0.2) is 38.1 Å². The molecule has 0 amide bonds. The van der Waals surface area contributed by atoms with Gasteiger partial charge in [0.2, 0.25) is 5.89 Å². The molecular weight excluding hydrogens is 460 g/mol. The highest BCUT2D eigenvalue weighted by Crippen LogP contribution is 2.35. The number of hydrogen-bond acceptors (Lipinski definition) is 8. The quantitative estimate of drug-likeness (QED) is 0.249. The zero-order valence-corrected chi connectivity index (χ0v) is 20.7. The second kappa shape index (κ2) is 9.51. The van der Waals surface area contributed by atoms with Crippen molar-refractivity contribution in [1.82, 2.24) is 19.4 Å². The van der Waals surface area contributed by atoms with E-state index >= 15 is 0 Å². The predicted octanol–water partition coefficient (Wildman–Crippen LogP) is 5.30. The van der Waals surface area contributed by atoms with Gasteiger partial charge in [0, 0.05) is 17.2 Å². The van der Waals surface area contributed by atoms with E-state index in [1.807, 2.05) is 22.1 Å². The maximum Gasteiger partial charge on any atom is 0.263 e. The van der Waals surface area contributed by atoms with E-state index in [2.05, 4.69) is 24.0 Å². The fraction of sp³-hybridized carbons (Fsp3) is 0.435. The maximum atomic E-state index is 13.6. The fourth-order valence-electron chi connectivity index (χ4n) is 4.10. The summed E-state index contributed by atoms with van der Waals surface area (Å²) in [5, 5.41) is 3.65. The van der Waals surface area contributed by atoms with Gasteiger partial charge in [0.1, 0.15) is 11.1 Å². The Labute approximate surface area is 199 Å². The zero-order valence-electron chi connectivity index (χ0n) is 18.3. The zero-order chi connectivity index (χ0) is 22.1. The summed E-state index contributed by atoms with van der Waals surface area (Å²) in [5.41, 5.74) is 2.23. The van der Waals surface area contributed by atoms with Crippen molar-refractivity contribution in [2.75, 3.05) is 20.6 Å². The molecule has 4 aromatic rings. The van der Waals surface area contributed by atoms with E-state index in [0.717, 1.165) is 58.2 Å². The first-order valence-electron chi connectivity index (χ1n) is 10.9. The molecule has 0 spiro atoms. The number of hydrogen-bond donors (Lipinski definition) is 0. The number of thioether (sulfide) groups is 1. The van der Waals surface area contributed by atoms with E-state index in [-0.39, 0.29) is 5.56 Å². The van der Waals surface area contributed by atoms with Crippen molar-refractivity contribution in [2.24, 2.45) is 0 Å². The van der Waals surface area contributed by atoms with Gasteiger partial charge in [-0.15, -0.1) is 22.7 Å². The molecule has 32 heavy (non-hydrogen) atoms. The summed E-state index contributed by atoms with van der Waals surface area (Å²) in [5.74, 6) is 1.26. The minimum absolute atomic E-state index is 0.120. The lowest BCUT2D eigenvalue weighted by Crippen LogP contribution is -2.25. The molecule has 6 nitrogen and oxygen atoms in total. The van der Waals surface area contributed by atoms with Crippen LogP contribution in [0.25, 0.3) is 21.0 Å². The first kappa shape index (κ1) is 21.9. The molecule has 1 aliphatic rings. The Bertz CT molecular complexity index is 1270. The van der Waals surface area contributed by atoms with Crippen molar-refractivity contribution in [3.63, 3.8) is 0 Å². The lowest BCUT2D eigenvalue weighted by atomic mass is 9.97. The number of fused-ring (bicyclic) bond motifs is 3. The number of aryl methyl sites for hydroxylation is 2. The van der Waals surface area contributed by atoms with Gasteiger partial charge in [-0.2, -0.15) is 0 Å². The maximum absolute atomic E-state index is 13.6. The van der Waals surface area contributed by atoms with Gasteiger partial charge in [0.05, 0.1) is 16.0 Å². The van der Waals surface area contributed by atoms with E-state index in [4.69, 9.17) is 9.40 Å². The van der Waals surface area contributed by atoms with E-state index in [9.17, 15) is 4.79 Å². The Morgan fingerprint density at radius 2 is 2.12 bits per heavy atom. The number of rotatable bonds is 8. The standard InChI is InChI=1S/C23H26N4O2S3/c1-26(2)10-6-11-27-22(28)19-16-7-3-4-8-17(16)32-21(19)25-23(27)31-14-15-13-29-20(24-15)18-9-5-12-30-18/h5,9,12-13H,3-4,6-8,10-11,14H2,1-2H3. The highest BCUT2D eigenvalue weighted by molar-refractivity contribution is 7.98. The molecule has 0 atom stereocenters. The number of aromatic nitrogens is 3. The molecule has 5 rings (SSSR count). The van der Waals surface area contributed by atoms with Gasteiger partial charge in [-0.1, -0.05) is 17.8 Å². The normalized spacial score (nSPS) is 13.8. The molecule has 4 heterocycles. The Kier molecular flexibility index (Phi) is 6.50. The molecule has 0 bridgehead atoms. The van der Waals surface area contributed by atoms with Gasteiger partial charge >= 0.3 is 0 Å². The summed E-state index contributed by atoms with van der Waals surface area (Å²) in [4.78, 5) is 28.6. The monoisotopic (exact) mass is 486 g/mol. The van der Waals surface area contributed by atoms with Crippen LogP contribution in [0.2, 0.25) is 0 Å². The van der Waals surface area contributed by atoms with Gasteiger partial charge in [-0.25, -0.2) is 9.97 Å². The average molecular weight is 487 g/mol. The van der Waals surface area contributed by atoms with Gasteiger partial charge in [0.15, 0.2) is 5.16 Å². The first-order chi connectivity index (χ1) is 15.6. The highest BCUT2D eigenvalue weighted by atomic mass is 32.2. The van der Waals surface area contributed by atoms with Crippen LogP contribution in [0.3, 0.4) is 0 Å². The van der Waals surface area contributed by atoms with Crippen molar-refractivity contribution in [3.8, 4) is 10.8 Å². The molecule has 0 saturated heterocycles. The van der Waals surface area contributed by atoms with Gasteiger partial charge in [0.25, 0.3) is 5.56 Å². The van der Waals surface area contributed by atoms with Crippen molar-refractivity contribution >= 4 is 44.7 Å². The second-order valence-corrected chi connectivity index (χ2v) is 11.3. The van der Waals surface area contributed by atoms with Gasteiger partial charge < -0.3 is 9.32 Å². The summed E-state index contributed by atoms with van der Waals surface area (Å²) in [6.45, 7) is 1.61. The van der Waals surface area contributed by atoms with Crippen LogP contribution in [-0.4, -0.2) is 40.1 Å². The van der Waals surface area contributed by atoms with Crippen molar-refractivity contribution in [1.29, 1.82) is 0 Å². The topological polar surface area (TPSA) is 64.2 Å². The summed E-state index contributed by atoms with van der Waals surface area (Å²) in [6, 6.07) is 3.99. The summed E-state index contributed by atoms with van der Waals surface area (Å²) < 4.78 is 7.55. The molecular formula is C23H26N4O2S3. The summed E-state index contributed by atoms with van der Waals surface area (Å²) in [7, 11) is 4.12. The molecule has 0 aromatic carbocycles. The van der Waals surface area contributed by atoms with E-state index in [0.29, 0.717) is 18.2 Å². The van der Waals surface area contributed by atoms with E-state index in [1.165, 1.54) is 16.9 Å². The number of oxazole rings is 1. The molecule has 0 N–H and O–H groups in total. The minimum Gasteiger partial charge on any atom is -0.444 e. The molecule has 0 fully saturated rings. The molecule has 0 radical (unpaired) electrons. The minimum atomic E-state index is 0.120. The van der Waals surface area contributed by atoms with Gasteiger partial charge in [-0.3, -0.25) is 9.36 Å². The van der Waals surface area contributed by atoms with Crippen LogP contribution in [0, 0.1) is 0 Å². The fourth-order valence-corrected chi connectivity index (χ4v) is 6.96. The Balaban J connectivity index is 1.45. The molecule has 9 heteroatoms. The molecule has 0 unspecified atom stereocenters. The van der Waals surface area contributed by atoms with Crippen LogP contribution in [-0.2, 0) is 25.1 Å². The number of nitrogens with zero attached hydrogens (tertiary/aromatic N) is 4. The number of thiophene rings is 2. The summed E-state index contributed by atoms with van der Waals surface area (Å²) in [6.07, 6.45) is 7.06. The van der Waals surface area contributed by atoms with Crippen LogP contribution in [0.1, 0.15) is 35.4 Å². The van der Waals surface area contributed by atoms with E-state index in [1.54, 1.807) is 40.7 Å². The molecule has 4 aromatic heterocycles. The Hall–Kier alpha value is -1.94. The molecule has 0 saturated carbocycles. The second-order valence-electron chi connectivity index (χ2n) is 8.31. The summed E-state index contributed by atoms with van der Waals surface area (Å²) >= 11 is 4.89. The van der Waals surface area contributed by atoms with E-state index < -0.39 is 0 Å². The third kappa shape index (κ3) is 4.44. The van der Waals surface area contributed by atoms with Crippen LogP contribution >= 0.6 is 34.4 Å². The lowest BCUT2D eigenvalue weighted by Gasteiger charge is -2.14. The van der Waals surface area contributed by atoms with Crippen molar-refractivity contribution in [2.45, 2.75) is 49.6 Å². The molecule has 1 aliphatic carbocycles. The van der Waals surface area contributed by atoms with Crippen LogP contribution in [0.5, 0.6) is 0 Å². The smallest absolute Gasteiger partial charge is 0.263 e. The third-order valence-corrected chi connectivity index (χ3v) is 8.71. The highest BCUT2D eigenvalue weighted by Gasteiger charge is 2.22. The Morgan fingerprint density at radius 3 is 2.94 bits per heavy atom. The predicted molar refractivity (Wildman–Crippen MR) is 133 cm³/mol. The SMILES string of the molecule is CN(C)CCCn1c(SCc2coc(-c3cccs3)n2)nc2sc3c(c2c1=O)CCCC3. The molecule has 0 aliphatic heterocycles. The Morgan fingerprint density at radius 1 is 1.25 bits per heavy atom. The molecule has 168 valence electrons. The lowest BCUT2D eigenvalue weighted by molar-refractivity contribution is 0.379. The van der Waals surface area contributed by atoms with Crippen LogP contribution < -0.4 is 5.56 Å². The largest absolute Gasteiger partial charge is 0.444 e. The van der Waals surface area contributed by atoms with Crippen molar-refractivity contribution in [3.05, 3.63) is 50.3 Å². The van der Waals surface area contributed by atoms with Gasteiger partial charge in [-0.05, 0) is 69.8 Å².